The number of esters is 1. The van der Waals surface area contributed by atoms with Gasteiger partial charge in [0, 0.05) is 0 Å². The number of nitro groups is 1. The number of benzene rings is 2. The molecule has 0 bridgehead atoms. The molecule has 0 aliphatic rings. The van der Waals surface area contributed by atoms with Crippen LogP contribution in [-0.2, 0) is 4.79 Å². The highest BCUT2D eigenvalue weighted by atomic mass is 16.6. The number of nitro benzene ring substituents is 1. The zero-order valence-corrected chi connectivity index (χ0v) is 13.6. The van der Waals surface area contributed by atoms with Crippen LogP contribution in [0.1, 0.15) is 11.1 Å². The summed E-state index contributed by atoms with van der Waals surface area (Å²) in [5, 5.41) is 11.1. The van der Waals surface area contributed by atoms with Crippen molar-refractivity contribution in [1.82, 2.24) is 0 Å². The summed E-state index contributed by atoms with van der Waals surface area (Å²) in [6.07, 6.45) is 0. The Labute approximate surface area is 138 Å². The van der Waals surface area contributed by atoms with Gasteiger partial charge >= 0.3 is 11.7 Å². The second-order valence-electron chi connectivity index (χ2n) is 5.05. The van der Waals surface area contributed by atoms with Crippen molar-refractivity contribution in [3.05, 3.63) is 57.6 Å². The topological polar surface area (TPSA) is 87.9 Å². The van der Waals surface area contributed by atoms with E-state index in [0.29, 0.717) is 11.5 Å². The van der Waals surface area contributed by atoms with Gasteiger partial charge in [0.05, 0.1) is 18.1 Å². The summed E-state index contributed by atoms with van der Waals surface area (Å²) < 4.78 is 15.4. The molecule has 0 radical (unpaired) electrons. The number of carbonyl (C=O) groups is 1. The van der Waals surface area contributed by atoms with Gasteiger partial charge in [-0.3, -0.25) is 10.1 Å². The van der Waals surface area contributed by atoms with Crippen LogP contribution >= 0.6 is 0 Å². The Morgan fingerprint density at radius 2 is 1.92 bits per heavy atom. The van der Waals surface area contributed by atoms with E-state index in [4.69, 9.17) is 14.2 Å². The Bertz CT molecular complexity index is 772. The maximum absolute atomic E-state index is 11.9. The van der Waals surface area contributed by atoms with Gasteiger partial charge < -0.3 is 14.2 Å². The van der Waals surface area contributed by atoms with Crippen molar-refractivity contribution in [2.75, 3.05) is 13.7 Å². The number of rotatable bonds is 6. The summed E-state index contributed by atoms with van der Waals surface area (Å²) in [7, 11) is 1.39. The standard InChI is InChI=1S/C17H17NO6/c1-11-5-4-6-15(12(11)2)23-10-17(19)24-16-8-7-13(22-3)9-14(16)18(20)21/h4-9H,10H2,1-3H3. The molecular formula is C17H17NO6. The zero-order valence-electron chi connectivity index (χ0n) is 13.6. The number of ether oxygens (including phenoxy) is 3. The largest absolute Gasteiger partial charge is 0.496 e. The number of methoxy groups -OCH3 is 1. The smallest absolute Gasteiger partial charge is 0.349 e. The highest BCUT2D eigenvalue weighted by Gasteiger charge is 2.19. The van der Waals surface area contributed by atoms with Gasteiger partial charge in [0.2, 0.25) is 5.75 Å². The summed E-state index contributed by atoms with van der Waals surface area (Å²) in [6, 6.07) is 9.46. The van der Waals surface area contributed by atoms with Gasteiger partial charge in [-0.1, -0.05) is 12.1 Å². The number of nitrogens with zero attached hydrogens (tertiary/aromatic N) is 1. The minimum absolute atomic E-state index is 0.157. The Balaban J connectivity index is 2.07. The zero-order chi connectivity index (χ0) is 17.7. The van der Waals surface area contributed by atoms with Gasteiger partial charge in [0.1, 0.15) is 11.5 Å². The predicted molar refractivity (Wildman–Crippen MR) is 86.7 cm³/mol. The van der Waals surface area contributed by atoms with Crippen LogP contribution in [0, 0.1) is 24.0 Å². The maximum atomic E-state index is 11.9. The first kappa shape index (κ1) is 17.3. The van der Waals surface area contributed by atoms with Gasteiger partial charge in [-0.2, -0.15) is 0 Å². The fourth-order valence-corrected chi connectivity index (χ4v) is 2.02. The molecule has 0 spiro atoms. The van der Waals surface area contributed by atoms with Gasteiger partial charge in [0.25, 0.3) is 0 Å². The predicted octanol–water partition coefficient (Wildman–Crippen LogP) is 3.20. The Kier molecular flexibility index (Phi) is 5.36. The summed E-state index contributed by atoms with van der Waals surface area (Å²) in [5.74, 6) is -0.0242. The molecule has 7 heteroatoms. The first-order valence-electron chi connectivity index (χ1n) is 7.14. The van der Waals surface area contributed by atoms with Gasteiger partial charge in [-0.05, 0) is 43.2 Å². The lowest BCUT2D eigenvalue weighted by Crippen LogP contribution is -2.18. The Morgan fingerprint density at radius 3 is 2.58 bits per heavy atom. The van der Waals surface area contributed by atoms with Crippen LogP contribution in [0.4, 0.5) is 5.69 Å². The summed E-state index contributed by atoms with van der Waals surface area (Å²) in [6.45, 7) is 3.46. The van der Waals surface area contributed by atoms with E-state index >= 15 is 0 Å². The van der Waals surface area contributed by atoms with E-state index in [1.165, 1.54) is 25.3 Å². The first-order valence-corrected chi connectivity index (χ1v) is 7.14. The second kappa shape index (κ2) is 7.45. The molecule has 0 amide bonds. The van der Waals surface area contributed by atoms with Crippen molar-refractivity contribution in [3.63, 3.8) is 0 Å². The van der Waals surface area contributed by atoms with E-state index in [9.17, 15) is 14.9 Å². The molecular weight excluding hydrogens is 314 g/mol. The van der Waals surface area contributed by atoms with Crippen LogP contribution < -0.4 is 14.2 Å². The van der Waals surface area contributed by atoms with Crippen molar-refractivity contribution in [1.29, 1.82) is 0 Å². The molecule has 2 aromatic carbocycles. The number of aryl methyl sites for hydroxylation is 1. The molecule has 0 unspecified atom stereocenters. The molecule has 0 aromatic heterocycles. The van der Waals surface area contributed by atoms with Crippen LogP contribution in [0.25, 0.3) is 0 Å². The molecule has 7 nitrogen and oxygen atoms in total. The molecule has 0 fully saturated rings. The van der Waals surface area contributed by atoms with E-state index in [1.54, 1.807) is 6.07 Å². The quantitative estimate of drug-likeness (QED) is 0.349. The Hall–Kier alpha value is -3.09. The van der Waals surface area contributed by atoms with Crippen LogP contribution in [0.2, 0.25) is 0 Å². The molecule has 24 heavy (non-hydrogen) atoms. The van der Waals surface area contributed by atoms with Crippen LogP contribution in [-0.4, -0.2) is 24.6 Å². The molecule has 0 aliphatic heterocycles. The summed E-state index contributed by atoms with van der Waals surface area (Å²) in [5.41, 5.74) is 1.60. The third-order valence-electron chi connectivity index (χ3n) is 3.49. The monoisotopic (exact) mass is 331 g/mol. The highest BCUT2D eigenvalue weighted by molar-refractivity contribution is 5.75. The highest BCUT2D eigenvalue weighted by Crippen LogP contribution is 2.31. The minimum Gasteiger partial charge on any atom is -0.496 e. The molecule has 0 atom stereocenters. The lowest BCUT2D eigenvalue weighted by atomic mass is 10.1. The number of hydrogen-bond donors (Lipinski definition) is 0. The van der Waals surface area contributed by atoms with Crippen LogP contribution in [0.15, 0.2) is 36.4 Å². The Morgan fingerprint density at radius 1 is 1.17 bits per heavy atom. The number of carbonyl (C=O) groups excluding carboxylic acids is 1. The fraction of sp³-hybridized carbons (Fsp3) is 0.235. The summed E-state index contributed by atoms with van der Waals surface area (Å²) in [4.78, 5) is 22.3. The van der Waals surface area contributed by atoms with E-state index in [0.717, 1.165) is 11.1 Å². The minimum atomic E-state index is -0.732. The molecule has 126 valence electrons. The third-order valence-corrected chi connectivity index (χ3v) is 3.49. The molecule has 0 N–H and O–H groups in total. The van der Waals surface area contributed by atoms with E-state index < -0.39 is 10.9 Å². The van der Waals surface area contributed by atoms with Crippen LogP contribution in [0.5, 0.6) is 17.2 Å². The lowest BCUT2D eigenvalue weighted by Gasteiger charge is -2.11. The van der Waals surface area contributed by atoms with Crippen molar-refractivity contribution in [2.45, 2.75) is 13.8 Å². The van der Waals surface area contributed by atoms with Crippen LogP contribution in [0.3, 0.4) is 0 Å². The van der Waals surface area contributed by atoms with Gasteiger partial charge in [-0.25, -0.2) is 4.79 Å². The average Bonchev–Trinajstić information content (AvgIpc) is 2.56. The van der Waals surface area contributed by atoms with E-state index in [-0.39, 0.29) is 18.0 Å². The third kappa shape index (κ3) is 4.01. The van der Waals surface area contributed by atoms with Gasteiger partial charge in [0.15, 0.2) is 6.61 Å². The van der Waals surface area contributed by atoms with Crippen molar-refractivity contribution in [2.24, 2.45) is 0 Å². The number of hydrogen-bond acceptors (Lipinski definition) is 6. The van der Waals surface area contributed by atoms with E-state index in [1.807, 2.05) is 26.0 Å². The summed E-state index contributed by atoms with van der Waals surface area (Å²) >= 11 is 0. The fourth-order valence-electron chi connectivity index (χ4n) is 2.02. The molecule has 0 saturated carbocycles. The van der Waals surface area contributed by atoms with Crippen molar-refractivity contribution in [3.8, 4) is 17.2 Å². The normalized spacial score (nSPS) is 10.1. The van der Waals surface area contributed by atoms with Gasteiger partial charge in [-0.15, -0.1) is 0 Å². The first-order chi connectivity index (χ1) is 11.4. The SMILES string of the molecule is COc1ccc(OC(=O)COc2cccc(C)c2C)c([N+](=O)[O-])c1. The molecule has 0 saturated heterocycles. The molecule has 2 aromatic rings. The molecule has 0 aliphatic carbocycles. The lowest BCUT2D eigenvalue weighted by molar-refractivity contribution is -0.385. The average molecular weight is 331 g/mol. The second-order valence-corrected chi connectivity index (χ2v) is 5.05. The molecule has 2 rings (SSSR count). The molecule has 0 heterocycles. The maximum Gasteiger partial charge on any atom is 0.349 e. The van der Waals surface area contributed by atoms with Crippen molar-refractivity contribution < 1.29 is 23.9 Å². The van der Waals surface area contributed by atoms with E-state index in [2.05, 4.69) is 0 Å². The van der Waals surface area contributed by atoms with Crippen molar-refractivity contribution >= 4 is 11.7 Å².